The summed E-state index contributed by atoms with van der Waals surface area (Å²) in [5.74, 6) is 0.0401. The molecule has 102 valence electrons. The van der Waals surface area contributed by atoms with E-state index in [1.807, 2.05) is 13.8 Å². The Balaban J connectivity index is 2.31. The van der Waals surface area contributed by atoms with Crippen LogP contribution in [0.2, 0.25) is 0 Å². The van der Waals surface area contributed by atoms with Gasteiger partial charge in [0.2, 0.25) is 5.91 Å². The molecule has 2 rings (SSSR count). The van der Waals surface area contributed by atoms with Crippen molar-refractivity contribution in [1.82, 2.24) is 10.2 Å². The van der Waals surface area contributed by atoms with Gasteiger partial charge in [0.1, 0.15) is 6.17 Å². The number of benzene rings is 1. The molecule has 2 atom stereocenters. The topological polar surface area (TPSA) is 75.5 Å². The van der Waals surface area contributed by atoms with Gasteiger partial charge >= 0.3 is 0 Å². The Hall–Kier alpha value is -1.95. The lowest BCUT2D eigenvalue weighted by atomic mass is 10.1. The van der Waals surface area contributed by atoms with Crippen LogP contribution in [-0.2, 0) is 4.79 Å². The zero-order valence-corrected chi connectivity index (χ0v) is 11.0. The second-order valence-corrected chi connectivity index (χ2v) is 4.67. The van der Waals surface area contributed by atoms with E-state index in [9.17, 15) is 14.9 Å². The molecule has 1 aliphatic heterocycles. The number of hydrogen-bond acceptors (Lipinski definition) is 4. The summed E-state index contributed by atoms with van der Waals surface area (Å²) in [4.78, 5) is 24.2. The molecule has 2 unspecified atom stereocenters. The standard InChI is InChI=1S/C13H17N3O3/c1-3-7-15-12(14-9(2)13(15)17)10-5-4-6-11(8-10)16(18)19/h4-6,8-9,12,14H,3,7H2,1-2H3. The van der Waals surface area contributed by atoms with E-state index < -0.39 is 4.92 Å². The minimum Gasteiger partial charge on any atom is -0.322 e. The Kier molecular flexibility index (Phi) is 3.80. The summed E-state index contributed by atoms with van der Waals surface area (Å²) < 4.78 is 0. The van der Waals surface area contributed by atoms with Crippen LogP contribution in [0.15, 0.2) is 24.3 Å². The van der Waals surface area contributed by atoms with Crippen LogP contribution >= 0.6 is 0 Å². The summed E-state index contributed by atoms with van der Waals surface area (Å²) in [6.07, 6.45) is 0.577. The third-order valence-corrected chi connectivity index (χ3v) is 3.23. The molecule has 1 saturated heterocycles. The number of nitrogens with zero attached hydrogens (tertiary/aromatic N) is 2. The maximum atomic E-state index is 12.0. The highest BCUT2D eigenvalue weighted by atomic mass is 16.6. The van der Waals surface area contributed by atoms with Gasteiger partial charge in [0.05, 0.1) is 11.0 Å². The highest BCUT2D eigenvalue weighted by Crippen LogP contribution is 2.27. The smallest absolute Gasteiger partial charge is 0.269 e. The number of nitrogens with one attached hydrogen (secondary N) is 1. The van der Waals surface area contributed by atoms with Crippen molar-refractivity contribution in [1.29, 1.82) is 0 Å². The van der Waals surface area contributed by atoms with Gasteiger partial charge in [-0.3, -0.25) is 20.2 Å². The number of nitro benzene ring substituents is 1. The molecule has 0 saturated carbocycles. The molecular weight excluding hydrogens is 246 g/mol. The Morgan fingerprint density at radius 2 is 2.21 bits per heavy atom. The first-order chi connectivity index (χ1) is 9.04. The van der Waals surface area contributed by atoms with Crippen LogP contribution in [0.5, 0.6) is 0 Å². The average Bonchev–Trinajstić information content (AvgIpc) is 2.68. The molecule has 1 fully saturated rings. The first-order valence-electron chi connectivity index (χ1n) is 6.35. The molecule has 6 heteroatoms. The molecule has 0 spiro atoms. The van der Waals surface area contributed by atoms with E-state index in [-0.39, 0.29) is 23.8 Å². The van der Waals surface area contributed by atoms with Crippen molar-refractivity contribution >= 4 is 11.6 Å². The first-order valence-corrected chi connectivity index (χ1v) is 6.35. The van der Waals surface area contributed by atoms with Crippen LogP contribution in [0.3, 0.4) is 0 Å². The van der Waals surface area contributed by atoms with Gasteiger partial charge in [-0.1, -0.05) is 19.1 Å². The van der Waals surface area contributed by atoms with Gasteiger partial charge in [-0.2, -0.15) is 0 Å². The number of carbonyl (C=O) groups is 1. The molecule has 0 aromatic heterocycles. The van der Waals surface area contributed by atoms with Gasteiger partial charge < -0.3 is 4.90 Å². The van der Waals surface area contributed by atoms with E-state index >= 15 is 0 Å². The van der Waals surface area contributed by atoms with Gasteiger partial charge in [0, 0.05) is 18.7 Å². The van der Waals surface area contributed by atoms with Crippen molar-refractivity contribution in [2.24, 2.45) is 0 Å². The zero-order valence-electron chi connectivity index (χ0n) is 11.0. The largest absolute Gasteiger partial charge is 0.322 e. The van der Waals surface area contributed by atoms with Gasteiger partial charge in [-0.15, -0.1) is 0 Å². The van der Waals surface area contributed by atoms with Crippen molar-refractivity contribution in [3.05, 3.63) is 39.9 Å². The number of non-ortho nitro benzene ring substituents is 1. The van der Waals surface area contributed by atoms with E-state index in [2.05, 4.69) is 5.32 Å². The second-order valence-electron chi connectivity index (χ2n) is 4.67. The fraction of sp³-hybridized carbons (Fsp3) is 0.462. The van der Waals surface area contributed by atoms with Crippen molar-refractivity contribution in [3.8, 4) is 0 Å². The predicted molar refractivity (Wildman–Crippen MR) is 70.4 cm³/mol. The second kappa shape index (κ2) is 5.36. The first kappa shape index (κ1) is 13.5. The van der Waals surface area contributed by atoms with Gasteiger partial charge in [0.15, 0.2) is 0 Å². The molecule has 1 aromatic rings. The Labute approximate surface area is 111 Å². The molecule has 0 aliphatic carbocycles. The van der Waals surface area contributed by atoms with Crippen LogP contribution in [-0.4, -0.2) is 28.3 Å². The van der Waals surface area contributed by atoms with Crippen molar-refractivity contribution < 1.29 is 9.72 Å². The number of nitro groups is 1. The maximum Gasteiger partial charge on any atom is 0.269 e. The average molecular weight is 263 g/mol. The number of amides is 1. The number of carbonyl (C=O) groups excluding carboxylic acids is 1. The van der Waals surface area contributed by atoms with Crippen molar-refractivity contribution in [3.63, 3.8) is 0 Å². The quantitative estimate of drug-likeness (QED) is 0.664. The molecular formula is C13H17N3O3. The molecule has 1 amide bonds. The third kappa shape index (κ3) is 2.58. The molecule has 1 heterocycles. The van der Waals surface area contributed by atoms with E-state index in [0.717, 1.165) is 12.0 Å². The summed E-state index contributed by atoms with van der Waals surface area (Å²) in [6.45, 7) is 4.45. The minimum atomic E-state index is -0.423. The SMILES string of the molecule is CCCN1C(=O)C(C)NC1c1cccc([N+](=O)[O-])c1. The zero-order chi connectivity index (χ0) is 14.0. The molecule has 1 aromatic carbocycles. The Morgan fingerprint density at radius 1 is 1.47 bits per heavy atom. The number of hydrogen-bond donors (Lipinski definition) is 1. The van der Waals surface area contributed by atoms with Gasteiger partial charge in [-0.25, -0.2) is 0 Å². The van der Waals surface area contributed by atoms with Crippen LogP contribution in [0, 0.1) is 10.1 Å². The highest BCUT2D eigenvalue weighted by molar-refractivity contribution is 5.84. The summed E-state index contributed by atoms with van der Waals surface area (Å²) in [7, 11) is 0. The summed E-state index contributed by atoms with van der Waals surface area (Å²) in [6, 6.07) is 6.17. The van der Waals surface area contributed by atoms with Gasteiger partial charge in [0.25, 0.3) is 5.69 Å². The van der Waals surface area contributed by atoms with E-state index in [1.54, 1.807) is 17.0 Å². The van der Waals surface area contributed by atoms with Crippen LogP contribution in [0.1, 0.15) is 32.0 Å². The predicted octanol–water partition coefficient (Wildman–Crippen LogP) is 1.82. The van der Waals surface area contributed by atoms with E-state index in [1.165, 1.54) is 12.1 Å². The lowest BCUT2D eigenvalue weighted by Gasteiger charge is -2.23. The van der Waals surface area contributed by atoms with Crippen molar-refractivity contribution in [2.75, 3.05) is 6.54 Å². The Bertz CT molecular complexity index is 504. The minimum absolute atomic E-state index is 0.0401. The van der Waals surface area contributed by atoms with Crippen LogP contribution in [0.25, 0.3) is 0 Å². The summed E-state index contributed by atoms with van der Waals surface area (Å²) in [5.41, 5.74) is 0.795. The summed E-state index contributed by atoms with van der Waals surface area (Å²) >= 11 is 0. The number of rotatable bonds is 4. The maximum absolute atomic E-state index is 12.0. The molecule has 1 N–H and O–H groups in total. The molecule has 0 radical (unpaired) electrons. The molecule has 1 aliphatic rings. The lowest BCUT2D eigenvalue weighted by molar-refractivity contribution is -0.385. The fourth-order valence-electron chi connectivity index (χ4n) is 2.34. The molecule has 0 bridgehead atoms. The van der Waals surface area contributed by atoms with E-state index in [0.29, 0.717) is 6.54 Å². The normalized spacial score (nSPS) is 22.8. The van der Waals surface area contributed by atoms with Crippen molar-refractivity contribution in [2.45, 2.75) is 32.5 Å². The van der Waals surface area contributed by atoms with E-state index in [4.69, 9.17) is 0 Å². The Morgan fingerprint density at radius 3 is 2.84 bits per heavy atom. The molecule has 19 heavy (non-hydrogen) atoms. The van der Waals surface area contributed by atoms with Crippen LogP contribution < -0.4 is 5.32 Å². The monoisotopic (exact) mass is 263 g/mol. The third-order valence-electron chi connectivity index (χ3n) is 3.23. The highest BCUT2D eigenvalue weighted by Gasteiger charge is 2.36. The lowest BCUT2D eigenvalue weighted by Crippen LogP contribution is -2.31. The van der Waals surface area contributed by atoms with Gasteiger partial charge in [-0.05, 0) is 18.9 Å². The fourth-order valence-corrected chi connectivity index (χ4v) is 2.34. The molecule has 6 nitrogen and oxygen atoms in total. The summed E-state index contributed by atoms with van der Waals surface area (Å²) in [5, 5.41) is 14.0. The van der Waals surface area contributed by atoms with Crippen LogP contribution in [0.4, 0.5) is 5.69 Å².